The van der Waals surface area contributed by atoms with Crippen LogP contribution in [0.25, 0.3) is 0 Å². The molecule has 168 valence electrons. The smallest absolute Gasteiger partial charge is 0.252 e. The number of carbonyl (C=O) groups excluding carboxylic acids is 1. The summed E-state index contributed by atoms with van der Waals surface area (Å²) in [5.41, 5.74) is 1.61. The van der Waals surface area contributed by atoms with Crippen LogP contribution in [0.3, 0.4) is 0 Å². The van der Waals surface area contributed by atoms with Crippen molar-refractivity contribution in [1.29, 1.82) is 0 Å². The van der Waals surface area contributed by atoms with Crippen molar-refractivity contribution in [3.8, 4) is 0 Å². The number of rotatable bonds is 19. The zero-order valence-electron chi connectivity index (χ0n) is 18.5. The van der Waals surface area contributed by atoms with Gasteiger partial charge in [0, 0.05) is 17.8 Å². The summed E-state index contributed by atoms with van der Waals surface area (Å²) in [6, 6.07) is 7.38. The summed E-state index contributed by atoms with van der Waals surface area (Å²) in [6.45, 7) is 3.28. The lowest BCUT2D eigenvalue weighted by Crippen LogP contribution is -2.01. The second-order valence-electron chi connectivity index (χ2n) is 8.08. The molecular formula is C25H43Cl2NO. The Balaban J connectivity index is 0.00000784. The first-order chi connectivity index (χ1) is 13.7. The molecule has 0 amide bonds. The van der Waals surface area contributed by atoms with E-state index >= 15 is 0 Å². The Labute approximate surface area is 191 Å². The lowest BCUT2D eigenvalue weighted by Gasteiger charge is -2.07. The van der Waals surface area contributed by atoms with E-state index in [0.717, 1.165) is 12.2 Å². The molecule has 0 bridgehead atoms. The Morgan fingerprint density at radius 1 is 0.690 bits per heavy atom. The summed E-state index contributed by atoms with van der Waals surface area (Å²) in [5.74, 6) is 0. The van der Waals surface area contributed by atoms with Gasteiger partial charge in [-0.1, -0.05) is 103 Å². The average Bonchev–Trinajstić information content (AvgIpc) is 2.70. The molecule has 1 aromatic rings. The van der Waals surface area contributed by atoms with Crippen molar-refractivity contribution < 1.29 is 4.79 Å². The molecule has 0 aromatic heterocycles. The highest BCUT2D eigenvalue weighted by atomic mass is 35.5. The van der Waals surface area contributed by atoms with E-state index in [4.69, 9.17) is 11.6 Å². The van der Waals surface area contributed by atoms with Crippen LogP contribution in [-0.4, -0.2) is 11.8 Å². The highest BCUT2D eigenvalue weighted by Crippen LogP contribution is 2.14. The number of unbranched alkanes of at least 4 members (excludes halogenated alkanes) is 15. The van der Waals surface area contributed by atoms with Gasteiger partial charge in [0.2, 0.25) is 0 Å². The third-order valence-electron chi connectivity index (χ3n) is 5.47. The molecule has 0 radical (unpaired) electrons. The van der Waals surface area contributed by atoms with E-state index in [1.54, 1.807) is 12.1 Å². The number of nitrogens with one attached hydrogen (secondary N) is 1. The fourth-order valence-electron chi connectivity index (χ4n) is 3.62. The zero-order chi connectivity index (χ0) is 20.3. The van der Waals surface area contributed by atoms with Gasteiger partial charge in [-0.05, 0) is 42.3 Å². The molecule has 4 heteroatoms. The van der Waals surface area contributed by atoms with Crippen molar-refractivity contribution in [3.63, 3.8) is 0 Å². The van der Waals surface area contributed by atoms with Crippen molar-refractivity contribution in [2.75, 3.05) is 11.9 Å². The van der Waals surface area contributed by atoms with E-state index in [0.29, 0.717) is 5.56 Å². The van der Waals surface area contributed by atoms with Gasteiger partial charge in [0.05, 0.1) is 0 Å². The number of hydrogen-bond acceptors (Lipinski definition) is 2. The van der Waals surface area contributed by atoms with Gasteiger partial charge in [0.1, 0.15) is 0 Å². The average molecular weight is 445 g/mol. The first kappa shape index (κ1) is 28.3. The minimum atomic E-state index is -0.399. The van der Waals surface area contributed by atoms with Gasteiger partial charge in [-0.15, -0.1) is 12.4 Å². The number of benzene rings is 1. The van der Waals surface area contributed by atoms with Crippen LogP contribution in [0.4, 0.5) is 5.69 Å². The van der Waals surface area contributed by atoms with Crippen LogP contribution < -0.4 is 5.32 Å². The fraction of sp³-hybridized carbons (Fsp3) is 0.720. The standard InChI is InChI=1S/C25H42ClNO.ClH/c1-2-3-4-5-6-7-8-9-10-11-12-13-14-15-16-17-22-27-24-20-18-23(19-21-24)25(26)28;/h18-21,27H,2-17,22H2,1H3;1H. The van der Waals surface area contributed by atoms with Gasteiger partial charge in [-0.2, -0.15) is 0 Å². The molecule has 0 heterocycles. The summed E-state index contributed by atoms with van der Waals surface area (Å²) in [7, 11) is 0. The third kappa shape index (κ3) is 16.7. The maximum atomic E-state index is 11.0. The minimum absolute atomic E-state index is 0. The monoisotopic (exact) mass is 443 g/mol. The molecule has 0 aliphatic carbocycles. The van der Waals surface area contributed by atoms with Crippen LogP contribution in [0.2, 0.25) is 0 Å². The van der Waals surface area contributed by atoms with Crippen LogP contribution in [0, 0.1) is 0 Å². The highest BCUT2D eigenvalue weighted by Gasteiger charge is 2.00. The van der Waals surface area contributed by atoms with E-state index in [1.807, 2.05) is 12.1 Å². The maximum Gasteiger partial charge on any atom is 0.252 e. The molecule has 0 aliphatic rings. The Bertz CT molecular complexity index is 490. The quantitative estimate of drug-likeness (QED) is 0.170. The summed E-state index contributed by atoms with van der Waals surface area (Å²) >= 11 is 5.45. The molecule has 0 saturated heterocycles. The van der Waals surface area contributed by atoms with Gasteiger partial charge in [0.25, 0.3) is 5.24 Å². The van der Waals surface area contributed by atoms with E-state index < -0.39 is 5.24 Å². The molecule has 1 aromatic carbocycles. The number of hydrogen-bond donors (Lipinski definition) is 1. The largest absolute Gasteiger partial charge is 0.385 e. The lowest BCUT2D eigenvalue weighted by molar-refractivity contribution is 0.108. The van der Waals surface area contributed by atoms with Crippen LogP contribution in [0.1, 0.15) is 120 Å². The minimum Gasteiger partial charge on any atom is -0.385 e. The molecule has 1 N–H and O–H groups in total. The normalized spacial score (nSPS) is 10.6. The maximum absolute atomic E-state index is 11.0. The van der Waals surface area contributed by atoms with Gasteiger partial charge in [-0.3, -0.25) is 4.79 Å². The summed E-state index contributed by atoms with van der Waals surface area (Å²) in [6.07, 6.45) is 22.4. The van der Waals surface area contributed by atoms with Gasteiger partial charge in [0.15, 0.2) is 0 Å². The van der Waals surface area contributed by atoms with Crippen LogP contribution >= 0.6 is 24.0 Å². The number of anilines is 1. The van der Waals surface area contributed by atoms with Crippen molar-refractivity contribution in [2.45, 2.75) is 110 Å². The summed E-state index contributed by atoms with van der Waals surface area (Å²) < 4.78 is 0. The van der Waals surface area contributed by atoms with E-state index in [1.165, 1.54) is 103 Å². The third-order valence-corrected chi connectivity index (χ3v) is 5.69. The molecule has 1 rings (SSSR count). The molecular weight excluding hydrogens is 401 g/mol. The fourth-order valence-corrected chi connectivity index (χ4v) is 3.75. The number of halogens is 2. The van der Waals surface area contributed by atoms with Crippen molar-refractivity contribution in [3.05, 3.63) is 29.8 Å². The molecule has 0 atom stereocenters. The van der Waals surface area contributed by atoms with Crippen LogP contribution in [-0.2, 0) is 0 Å². The van der Waals surface area contributed by atoms with Crippen LogP contribution in [0.5, 0.6) is 0 Å². The molecule has 0 fully saturated rings. The predicted molar refractivity (Wildman–Crippen MR) is 132 cm³/mol. The van der Waals surface area contributed by atoms with E-state index in [-0.39, 0.29) is 12.4 Å². The SMILES string of the molecule is CCCCCCCCCCCCCCCCCCNc1ccc(C(=O)Cl)cc1.Cl. The van der Waals surface area contributed by atoms with Crippen molar-refractivity contribution >= 4 is 34.9 Å². The molecule has 0 unspecified atom stereocenters. The summed E-state index contributed by atoms with van der Waals surface area (Å²) in [4.78, 5) is 11.0. The Kier molecular flexibility index (Phi) is 20.0. The lowest BCUT2D eigenvalue weighted by atomic mass is 10.0. The van der Waals surface area contributed by atoms with Crippen molar-refractivity contribution in [2.24, 2.45) is 0 Å². The van der Waals surface area contributed by atoms with Gasteiger partial charge >= 0.3 is 0 Å². The first-order valence-corrected chi connectivity index (χ1v) is 12.2. The second-order valence-corrected chi connectivity index (χ2v) is 8.42. The topological polar surface area (TPSA) is 29.1 Å². The molecule has 29 heavy (non-hydrogen) atoms. The summed E-state index contributed by atoms with van der Waals surface area (Å²) in [5, 5.41) is 3.01. The molecule has 0 spiro atoms. The van der Waals surface area contributed by atoms with Gasteiger partial charge in [-0.25, -0.2) is 0 Å². The predicted octanol–water partition coefficient (Wildman–Crippen LogP) is 9.16. The molecule has 0 aliphatic heterocycles. The van der Waals surface area contributed by atoms with Crippen molar-refractivity contribution in [1.82, 2.24) is 0 Å². The highest BCUT2D eigenvalue weighted by molar-refractivity contribution is 6.67. The molecule has 0 saturated carbocycles. The zero-order valence-corrected chi connectivity index (χ0v) is 20.1. The Hall–Kier alpha value is -0.730. The molecule has 2 nitrogen and oxygen atoms in total. The van der Waals surface area contributed by atoms with E-state index in [9.17, 15) is 4.79 Å². The number of carbonyl (C=O) groups is 1. The Morgan fingerprint density at radius 3 is 1.45 bits per heavy atom. The van der Waals surface area contributed by atoms with Gasteiger partial charge < -0.3 is 5.32 Å². The Morgan fingerprint density at radius 2 is 1.07 bits per heavy atom. The van der Waals surface area contributed by atoms with Crippen LogP contribution in [0.15, 0.2) is 24.3 Å². The second kappa shape index (κ2) is 20.5. The first-order valence-electron chi connectivity index (χ1n) is 11.8. The van der Waals surface area contributed by atoms with E-state index in [2.05, 4.69) is 12.2 Å².